The number of para-hydroxylation sites is 1. The number of benzene rings is 1. The van der Waals surface area contributed by atoms with E-state index in [0.717, 1.165) is 177 Å². The smallest absolute Gasteiger partial charge is 0.306 e. The number of fused-ring (bicyclic) bond motifs is 3. The lowest BCUT2D eigenvalue weighted by molar-refractivity contribution is -0.158. The Morgan fingerprint density at radius 1 is 0.463 bits per heavy atom. The molecule has 0 aliphatic carbocycles. The molecule has 1 aromatic carbocycles. The van der Waals surface area contributed by atoms with Crippen LogP contribution >= 0.6 is 0 Å². The fraction of sp³-hybridized carbons (Fsp3) is 0.750. The van der Waals surface area contributed by atoms with Crippen LogP contribution in [0.3, 0.4) is 0 Å². The fourth-order valence-corrected chi connectivity index (χ4v) is 12.4. The number of anilines is 1. The minimum absolute atomic E-state index is 0.0836. The number of esters is 4. The van der Waals surface area contributed by atoms with Crippen LogP contribution in [0.15, 0.2) is 60.7 Å². The molecule has 0 amide bonds. The lowest BCUT2D eigenvalue weighted by atomic mass is 10.1. The second kappa shape index (κ2) is 56.9. The van der Waals surface area contributed by atoms with E-state index in [0.29, 0.717) is 69.9 Å². The highest BCUT2D eigenvalue weighted by molar-refractivity contribution is 6.06. The molecule has 0 unspecified atom stereocenters. The van der Waals surface area contributed by atoms with E-state index in [4.69, 9.17) is 29.7 Å². The molecule has 540 valence electrons. The van der Waals surface area contributed by atoms with Crippen LogP contribution in [0.4, 0.5) is 5.82 Å². The van der Waals surface area contributed by atoms with E-state index >= 15 is 0 Å². The van der Waals surface area contributed by atoms with E-state index in [1.54, 1.807) is 0 Å². The molecule has 3 rings (SSSR count). The van der Waals surface area contributed by atoms with Crippen LogP contribution in [0.1, 0.15) is 311 Å². The average molecular weight is 1330 g/mol. The Bertz CT molecular complexity index is 2470. The number of allylic oxidation sites excluding steroid dienone is 3. The summed E-state index contributed by atoms with van der Waals surface area (Å²) in [7, 11) is 0. The van der Waals surface area contributed by atoms with Crippen LogP contribution in [0.5, 0.6) is 0 Å². The molecule has 2 heterocycles. The third-order valence-corrected chi connectivity index (χ3v) is 18.0. The number of nitrogens with one attached hydrogen (secondary N) is 1. The average Bonchev–Trinajstić information content (AvgIpc) is 1.63. The molecule has 0 saturated heterocycles. The van der Waals surface area contributed by atoms with Gasteiger partial charge < -0.3 is 44.4 Å². The number of aromatic nitrogens is 3. The Morgan fingerprint density at radius 2 is 0.832 bits per heavy atom. The molecule has 0 fully saturated rings. The zero-order valence-electron chi connectivity index (χ0n) is 61.3. The van der Waals surface area contributed by atoms with Gasteiger partial charge in [0.2, 0.25) is 0 Å². The van der Waals surface area contributed by atoms with Gasteiger partial charge in [0, 0.05) is 31.1 Å². The summed E-state index contributed by atoms with van der Waals surface area (Å²) in [6.45, 7) is 22.1. The monoisotopic (exact) mass is 1320 g/mol. The third-order valence-electron chi connectivity index (χ3n) is 18.0. The second-order valence-corrected chi connectivity index (χ2v) is 27.3. The summed E-state index contributed by atoms with van der Waals surface area (Å²) >= 11 is 0. The first kappa shape index (κ1) is 84.1. The number of rotatable bonds is 64. The number of hydrogen-bond acceptors (Lipinski definition) is 14. The largest absolute Gasteiger partial charge is 0.461 e. The molecule has 3 N–H and O–H groups in total. The lowest BCUT2D eigenvalue weighted by Crippen LogP contribution is -2.34. The molecule has 2 aromatic heterocycles. The predicted octanol–water partition coefficient (Wildman–Crippen LogP) is 19.6. The molecule has 15 nitrogen and oxygen atoms in total. The zero-order chi connectivity index (χ0) is 68.5. The molecule has 0 aliphatic heterocycles. The summed E-state index contributed by atoms with van der Waals surface area (Å²) in [4.78, 5) is 65.7. The lowest BCUT2D eigenvalue weighted by Gasteiger charge is -2.27. The van der Waals surface area contributed by atoms with Gasteiger partial charge in [0.1, 0.15) is 36.8 Å². The first-order valence-electron chi connectivity index (χ1n) is 38.7. The first-order valence-corrected chi connectivity index (χ1v) is 38.7. The van der Waals surface area contributed by atoms with E-state index in [9.17, 15) is 19.2 Å². The molecule has 95 heavy (non-hydrogen) atoms. The van der Waals surface area contributed by atoms with Gasteiger partial charge in [-0.05, 0) is 162 Å². The van der Waals surface area contributed by atoms with Gasteiger partial charge in [-0.2, -0.15) is 0 Å². The SMILES string of the molecule is CCCCCC/C=C\COC(=O)CCCCCCCCN(CCCCCCCCC(=O)OC/C=C\CCCCCC)CCCN(CCCCCCCCC(=O)OC/C=C\CCCCCC)CCCCCC(=O)OC(C)(C)Cn1c(CNCC)nc2c(N)nc3ccccc3c21. The number of hydrogen-bond donors (Lipinski definition) is 2. The maximum absolute atomic E-state index is 13.6. The summed E-state index contributed by atoms with van der Waals surface area (Å²) in [5, 5.41) is 4.39. The van der Waals surface area contributed by atoms with Crippen LogP contribution in [0.25, 0.3) is 21.9 Å². The summed E-state index contributed by atoms with van der Waals surface area (Å²) in [5.74, 6) is 0.788. The maximum atomic E-state index is 13.6. The van der Waals surface area contributed by atoms with Crippen LogP contribution < -0.4 is 11.1 Å². The van der Waals surface area contributed by atoms with Gasteiger partial charge in [-0.3, -0.25) is 19.2 Å². The summed E-state index contributed by atoms with van der Waals surface area (Å²) < 4.78 is 24.8. The van der Waals surface area contributed by atoms with Crippen molar-refractivity contribution in [2.24, 2.45) is 0 Å². The standard InChI is InChI=1S/C80H137N7O8/c1-7-11-14-17-26-35-49-65-92-73(88)55-39-29-20-23-32-45-59-85(60-46-33-24-21-30-40-56-74(89)93-66-50-36-27-18-15-12-8-2)63-52-64-86(61-47-34-25-22-31-41-57-75(90)94-67-51-37-28-19-16-13-9-3)62-48-38-42-58-76(91)95-80(5,6)69-87-72(68-82-10-4)84-77-78(87)70-53-43-44-54-71(70)83-79(77)81/h35-37,43-44,49-51,53-54,82H,7-34,38-42,45-48,52,55-69H2,1-6H3,(H2,81,83)/b49-35-,50-36-,51-37-. The number of nitrogens with zero attached hydrogens (tertiary/aromatic N) is 5. The Hall–Kier alpha value is -5.12. The third kappa shape index (κ3) is 43.0. The van der Waals surface area contributed by atoms with E-state index in [1.807, 2.05) is 50.3 Å². The number of unbranched alkanes of at least 4 members (excludes halogenated alkanes) is 29. The molecular formula is C80H137N7O8. The van der Waals surface area contributed by atoms with Crippen LogP contribution in [-0.2, 0) is 51.2 Å². The number of pyridine rings is 1. The van der Waals surface area contributed by atoms with Gasteiger partial charge in [-0.1, -0.05) is 224 Å². The van der Waals surface area contributed by atoms with Crippen molar-refractivity contribution in [2.75, 3.05) is 71.4 Å². The first-order chi connectivity index (χ1) is 46.4. The van der Waals surface area contributed by atoms with Gasteiger partial charge in [0.05, 0.1) is 24.1 Å². The summed E-state index contributed by atoms with van der Waals surface area (Å²) in [6, 6.07) is 7.99. The van der Waals surface area contributed by atoms with Crippen molar-refractivity contribution in [1.29, 1.82) is 0 Å². The molecule has 0 spiro atoms. The second-order valence-electron chi connectivity index (χ2n) is 27.3. The molecule has 0 atom stereocenters. The van der Waals surface area contributed by atoms with Gasteiger partial charge in [-0.25, -0.2) is 9.97 Å². The highest BCUT2D eigenvalue weighted by atomic mass is 16.6. The Labute approximate surface area is 578 Å². The molecule has 0 bridgehead atoms. The molecule has 15 heteroatoms. The van der Waals surface area contributed by atoms with E-state index in [2.05, 4.69) is 76.7 Å². The van der Waals surface area contributed by atoms with Gasteiger partial charge in [0.15, 0.2) is 5.82 Å². The number of nitrogens with two attached hydrogens (primary N) is 1. The van der Waals surface area contributed by atoms with Crippen molar-refractivity contribution in [3.63, 3.8) is 0 Å². The zero-order valence-corrected chi connectivity index (χ0v) is 61.3. The minimum atomic E-state index is -0.794. The van der Waals surface area contributed by atoms with Crippen molar-refractivity contribution in [3.8, 4) is 0 Å². The highest BCUT2D eigenvalue weighted by Gasteiger charge is 2.28. The van der Waals surface area contributed by atoms with Crippen LogP contribution in [0, 0.1) is 0 Å². The number of carbonyl (C=O) groups is 4. The molecule has 0 saturated carbocycles. The van der Waals surface area contributed by atoms with E-state index in [1.165, 1.54) is 128 Å². The Balaban J connectivity index is 1.54. The van der Waals surface area contributed by atoms with Gasteiger partial charge in [0.25, 0.3) is 0 Å². The molecular weight excluding hydrogens is 1190 g/mol. The van der Waals surface area contributed by atoms with Gasteiger partial charge >= 0.3 is 23.9 Å². The number of carbonyl (C=O) groups excluding carboxylic acids is 4. The quantitative estimate of drug-likeness (QED) is 0.0236. The van der Waals surface area contributed by atoms with Gasteiger partial charge in [-0.15, -0.1) is 0 Å². The number of imidazole rings is 1. The Kier molecular flexibility index (Phi) is 50.3. The summed E-state index contributed by atoms with van der Waals surface area (Å²) in [5.41, 5.74) is 8.08. The van der Waals surface area contributed by atoms with Crippen LogP contribution in [-0.4, -0.2) is 119 Å². The van der Waals surface area contributed by atoms with Crippen molar-refractivity contribution >= 4 is 51.6 Å². The predicted molar refractivity (Wildman–Crippen MR) is 396 cm³/mol. The Morgan fingerprint density at radius 3 is 1.25 bits per heavy atom. The topological polar surface area (TPSA) is 180 Å². The fourth-order valence-electron chi connectivity index (χ4n) is 12.4. The minimum Gasteiger partial charge on any atom is -0.461 e. The van der Waals surface area contributed by atoms with Crippen molar-refractivity contribution < 1.29 is 38.1 Å². The number of nitrogen functional groups attached to an aromatic ring is 1. The van der Waals surface area contributed by atoms with Crippen LogP contribution in [0.2, 0.25) is 0 Å². The number of ether oxygens (including phenoxy) is 4. The molecule has 0 aliphatic rings. The highest BCUT2D eigenvalue weighted by Crippen LogP contribution is 2.31. The van der Waals surface area contributed by atoms with E-state index < -0.39 is 5.60 Å². The van der Waals surface area contributed by atoms with E-state index in [-0.39, 0.29) is 23.9 Å². The maximum Gasteiger partial charge on any atom is 0.306 e. The van der Waals surface area contributed by atoms with Crippen molar-refractivity contribution in [2.45, 2.75) is 323 Å². The summed E-state index contributed by atoms with van der Waals surface area (Å²) in [6.07, 6.45) is 56.1. The molecule has 3 aromatic rings. The van der Waals surface area contributed by atoms with Crippen molar-refractivity contribution in [3.05, 3.63) is 66.5 Å². The molecule has 0 radical (unpaired) electrons. The normalized spacial score (nSPS) is 12.1. The van der Waals surface area contributed by atoms with Crippen molar-refractivity contribution in [1.82, 2.24) is 29.7 Å².